The third-order valence-corrected chi connectivity index (χ3v) is 5.64. The molecule has 1 atom stereocenters. The molecule has 1 aliphatic rings. The Morgan fingerprint density at radius 1 is 1.06 bits per heavy atom. The van der Waals surface area contributed by atoms with E-state index in [9.17, 15) is 28.9 Å². The molecule has 0 spiro atoms. The highest BCUT2D eigenvalue weighted by molar-refractivity contribution is 6.11. The van der Waals surface area contributed by atoms with Crippen molar-refractivity contribution < 1.29 is 23.7 Å². The zero-order chi connectivity index (χ0) is 25.1. The molecule has 0 aromatic heterocycles. The first-order chi connectivity index (χ1) is 16.7. The van der Waals surface area contributed by atoms with Crippen molar-refractivity contribution in [3.8, 4) is 0 Å². The van der Waals surface area contributed by atoms with Gasteiger partial charge < -0.3 is 15.5 Å². The topological polar surface area (TPSA) is 122 Å². The fourth-order valence-corrected chi connectivity index (χ4v) is 3.89. The van der Waals surface area contributed by atoms with Gasteiger partial charge in [0, 0.05) is 24.7 Å². The van der Waals surface area contributed by atoms with Gasteiger partial charge in [-0.05, 0) is 48.9 Å². The molecule has 9 nitrogen and oxygen atoms in total. The first-order valence-corrected chi connectivity index (χ1v) is 10.7. The predicted octanol–water partition coefficient (Wildman–Crippen LogP) is 4.29. The monoisotopic (exact) mass is 476 g/mol. The highest BCUT2D eigenvalue weighted by atomic mass is 19.1. The molecule has 2 N–H and O–H groups in total. The third kappa shape index (κ3) is 5.16. The van der Waals surface area contributed by atoms with E-state index in [4.69, 9.17) is 0 Å². The van der Waals surface area contributed by atoms with Crippen molar-refractivity contribution in [3.05, 3.63) is 93.8 Å². The molecule has 10 heteroatoms. The van der Waals surface area contributed by atoms with Crippen LogP contribution in [0.1, 0.15) is 22.3 Å². The molecule has 4 rings (SSSR count). The Labute approximate surface area is 199 Å². The highest BCUT2D eigenvalue weighted by Crippen LogP contribution is 2.30. The predicted molar refractivity (Wildman–Crippen MR) is 128 cm³/mol. The number of nitro benzene ring substituents is 1. The lowest BCUT2D eigenvalue weighted by atomic mass is 10.1. The summed E-state index contributed by atoms with van der Waals surface area (Å²) in [6.45, 7) is 1.87. The molecule has 178 valence electrons. The summed E-state index contributed by atoms with van der Waals surface area (Å²) in [6, 6.07) is 16.9. The first-order valence-electron chi connectivity index (χ1n) is 10.7. The van der Waals surface area contributed by atoms with Crippen molar-refractivity contribution in [1.29, 1.82) is 0 Å². The van der Waals surface area contributed by atoms with Crippen LogP contribution in [-0.2, 0) is 9.59 Å². The van der Waals surface area contributed by atoms with E-state index < -0.39 is 40.1 Å². The molecular formula is C25H21FN4O5. The molecular weight excluding hydrogens is 455 g/mol. The second-order valence-electron chi connectivity index (χ2n) is 8.16. The van der Waals surface area contributed by atoms with Crippen LogP contribution < -0.4 is 15.5 Å². The maximum atomic E-state index is 13.7. The van der Waals surface area contributed by atoms with Crippen LogP contribution in [0.4, 0.5) is 27.1 Å². The van der Waals surface area contributed by atoms with E-state index in [2.05, 4.69) is 10.6 Å². The number of amides is 3. The molecule has 3 amide bonds. The van der Waals surface area contributed by atoms with Gasteiger partial charge in [0.15, 0.2) is 0 Å². The number of nitrogens with zero attached hydrogens (tertiary/aromatic N) is 2. The number of para-hydroxylation sites is 1. The van der Waals surface area contributed by atoms with Crippen molar-refractivity contribution in [3.63, 3.8) is 0 Å². The van der Waals surface area contributed by atoms with Gasteiger partial charge in [-0.1, -0.05) is 24.3 Å². The van der Waals surface area contributed by atoms with Crippen LogP contribution in [0.3, 0.4) is 0 Å². The molecule has 0 bridgehead atoms. The lowest BCUT2D eigenvalue weighted by Gasteiger charge is -2.17. The largest absolute Gasteiger partial charge is 0.325 e. The van der Waals surface area contributed by atoms with E-state index in [-0.39, 0.29) is 29.9 Å². The number of hydrogen-bond acceptors (Lipinski definition) is 5. The SMILES string of the molecule is Cc1cccc(NC(=O)c2ccccc2NC(=O)C2CC(=O)N(c3ccc(F)c([N+](=O)[O-])c3)C2)c1. The second kappa shape index (κ2) is 9.72. The minimum Gasteiger partial charge on any atom is -0.325 e. The van der Waals surface area contributed by atoms with Crippen molar-refractivity contribution >= 4 is 40.5 Å². The zero-order valence-electron chi connectivity index (χ0n) is 18.7. The maximum Gasteiger partial charge on any atom is 0.306 e. The Hall–Kier alpha value is -4.60. The molecule has 35 heavy (non-hydrogen) atoms. The van der Waals surface area contributed by atoms with E-state index in [1.165, 1.54) is 11.0 Å². The van der Waals surface area contributed by atoms with Gasteiger partial charge in [0.05, 0.1) is 27.8 Å². The van der Waals surface area contributed by atoms with E-state index >= 15 is 0 Å². The minimum absolute atomic E-state index is 0.0366. The van der Waals surface area contributed by atoms with Crippen LogP contribution in [0.2, 0.25) is 0 Å². The summed E-state index contributed by atoms with van der Waals surface area (Å²) >= 11 is 0. The molecule has 1 unspecified atom stereocenters. The van der Waals surface area contributed by atoms with Crippen LogP contribution >= 0.6 is 0 Å². The van der Waals surface area contributed by atoms with Crippen LogP contribution in [0, 0.1) is 28.8 Å². The Bertz CT molecular complexity index is 1340. The third-order valence-electron chi connectivity index (χ3n) is 5.64. The fraction of sp³-hybridized carbons (Fsp3) is 0.160. The molecule has 0 saturated carbocycles. The van der Waals surface area contributed by atoms with E-state index in [1.54, 1.807) is 30.3 Å². The Morgan fingerprint density at radius 3 is 2.57 bits per heavy atom. The number of halogens is 1. The molecule has 3 aromatic carbocycles. The number of aryl methyl sites for hydroxylation is 1. The summed E-state index contributed by atoms with van der Waals surface area (Å²) < 4.78 is 13.7. The van der Waals surface area contributed by atoms with Crippen LogP contribution in [0.15, 0.2) is 66.7 Å². The normalized spacial score (nSPS) is 15.1. The number of nitrogens with one attached hydrogen (secondary N) is 2. The van der Waals surface area contributed by atoms with Gasteiger partial charge in [-0.3, -0.25) is 24.5 Å². The number of rotatable bonds is 6. The van der Waals surface area contributed by atoms with Crippen LogP contribution in [0.25, 0.3) is 0 Å². The van der Waals surface area contributed by atoms with Gasteiger partial charge in [-0.25, -0.2) is 0 Å². The van der Waals surface area contributed by atoms with Gasteiger partial charge in [0.2, 0.25) is 17.6 Å². The summed E-state index contributed by atoms with van der Waals surface area (Å²) in [5, 5.41) is 16.5. The standard InChI is InChI=1S/C25H21FN4O5/c1-15-5-4-6-17(11-15)27-25(33)19-7-2-3-8-21(19)28-24(32)16-12-23(31)29(14-16)18-9-10-20(26)22(13-18)30(34)35/h2-11,13,16H,12,14H2,1H3,(H,27,33)(H,28,32). The van der Waals surface area contributed by atoms with Crippen molar-refractivity contribution in [2.45, 2.75) is 13.3 Å². The second-order valence-corrected chi connectivity index (χ2v) is 8.16. The van der Waals surface area contributed by atoms with Gasteiger partial charge >= 0.3 is 5.69 Å². The van der Waals surface area contributed by atoms with Crippen molar-refractivity contribution in [2.24, 2.45) is 5.92 Å². The number of anilines is 3. The quantitative estimate of drug-likeness (QED) is 0.406. The Kier molecular flexibility index (Phi) is 6.54. The molecule has 1 heterocycles. The summed E-state index contributed by atoms with van der Waals surface area (Å²) in [6.07, 6.45) is -0.130. The molecule has 0 aliphatic carbocycles. The maximum absolute atomic E-state index is 13.7. The molecule has 1 fully saturated rings. The zero-order valence-corrected chi connectivity index (χ0v) is 18.7. The average Bonchev–Trinajstić information content (AvgIpc) is 3.21. The van der Waals surface area contributed by atoms with Gasteiger partial charge in [0.1, 0.15) is 0 Å². The molecule has 0 radical (unpaired) electrons. The van der Waals surface area contributed by atoms with Crippen LogP contribution in [-0.4, -0.2) is 29.2 Å². The molecule has 1 aliphatic heterocycles. The summed E-state index contributed by atoms with van der Waals surface area (Å²) in [5.41, 5.74) is 1.50. The number of nitro groups is 1. The van der Waals surface area contributed by atoms with Gasteiger partial charge in [-0.15, -0.1) is 0 Å². The Balaban J connectivity index is 1.48. The lowest BCUT2D eigenvalue weighted by molar-refractivity contribution is -0.387. The first kappa shape index (κ1) is 23.6. The number of hydrogen-bond donors (Lipinski definition) is 2. The van der Waals surface area contributed by atoms with E-state index in [1.807, 2.05) is 25.1 Å². The summed E-state index contributed by atoms with van der Waals surface area (Å²) in [4.78, 5) is 49.7. The fourth-order valence-electron chi connectivity index (χ4n) is 3.89. The summed E-state index contributed by atoms with van der Waals surface area (Å²) in [7, 11) is 0. The van der Waals surface area contributed by atoms with Gasteiger partial charge in [-0.2, -0.15) is 4.39 Å². The minimum atomic E-state index is -1.01. The number of benzene rings is 3. The highest BCUT2D eigenvalue weighted by Gasteiger charge is 2.36. The van der Waals surface area contributed by atoms with Crippen LogP contribution in [0.5, 0.6) is 0 Å². The van der Waals surface area contributed by atoms with Crippen molar-refractivity contribution in [1.82, 2.24) is 0 Å². The van der Waals surface area contributed by atoms with E-state index in [0.29, 0.717) is 5.69 Å². The van der Waals surface area contributed by atoms with Crippen molar-refractivity contribution in [2.75, 3.05) is 22.1 Å². The smallest absolute Gasteiger partial charge is 0.306 e. The molecule has 3 aromatic rings. The average molecular weight is 476 g/mol. The Morgan fingerprint density at radius 2 is 1.83 bits per heavy atom. The summed E-state index contributed by atoms with van der Waals surface area (Å²) in [5.74, 6) is -3.08. The lowest BCUT2D eigenvalue weighted by Crippen LogP contribution is -2.28. The van der Waals surface area contributed by atoms with E-state index in [0.717, 1.165) is 17.7 Å². The molecule has 1 saturated heterocycles. The van der Waals surface area contributed by atoms with Gasteiger partial charge in [0.25, 0.3) is 5.91 Å². The number of carbonyl (C=O) groups excluding carboxylic acids is 3. The number of carbonyl (C=O) groups is 3.